The maximum Gasteiger partial charge on any atom is 0.422 e. The zero-order valence-electron chi connectivity index (χ0n) is 37.2. The molecule has 2 N–H and O–H groups in total. The van der Waals surface area contributed by atoms with Crippen LogP contribution < -0.4 is 20.1 Å². The van der Waals surface area contributed by atoms with Gasteiger partial charge in [-0.25, -0.2) is 13.6 Å². The van der Waals surface area contributed by atoms with E-state index >= 15 is 8.78 Å². The molecule has 2 atom stereocenters. The predicted octanol–water partition coefficient (Wildman–Crippen LogP) is 10.9. The molecule has 3 heterocycles. The number of methoxy groups -OCH3 is 1. The molecule has 2 saturated heterocycles. The van der Waals surface area contributed by atoms with E-state index in [2.05, 4.69) is 43.8 Å². The summed E-state index contributed by atoms with van der Waals surface area (Å²) >= 11 is 0. The molecule has 0 radical (unpaired) electrons. The maximum absolute atomic E-state index is 17.5. The minimum absolute atomic E-state index is 0.0405. The van der Waals surface area contributed by atoms with Crippen LogP contribution in [-0.2, 0) is 20.3 Å². The molecule has 1 aromatic heterocycles. The fourth-order valence-electron chi connectivity index (χ4n) is 8.07. The zero-order chi connectivity index (χ0) is 45.4. The third kappa shape index (κ3) is 10.6. The number of anilines is 2. The van der Waals surface area contributed by atoms with E-state index in [9.17, 15) is 18.0 Å². The Hall–Kier alpha value is -4.48. The van der Waals surface area contributed by atoms with Crippen molar-refractivity contribution in [3.63, 3.8) is 0 Å². The quantitative estimate of drug-likeness (QED) is 0.0406. The number of hydrogen-bond donors (Lipinski definition) is 1. The minimum Gasteiger partial charge on any atom is -0.468 e. The topological polar surface area (TPSA) is 122 Å². The molecule has 0 saturated carbocycles. The van der Waals surface area contributed by atoms with Crippen molar-refractivity contribution in [1.29, 1.82) is 0 Å². The van der Waals surface area contributed by atoms with Gasteiger partial charge in [-0.05, 0) is 117 Å². The Morgan fingerprint density at radius 2 is 1.60 bits per heavy atom. The molecular formula is C45H60F5N5O6Si. The molecule has 4 aromatic rings. The fraction of sp³-hybridized carbons (Fsp3) is 0.578. The first-order valence-corrected chi connectivity index (χ1v) is 24.2. The Morgan fingerprint density at radius 3 is 2.23 bits per heavy atom. The molecule has 62 heavy (non-hydrogen) atoms. The van der Waals surface area contributed by atoms with Gasteiger partial charge in [0.1, 0.15) is 28.5 Å². The van der Waals surface area contributed by atoms with Gasteiger partial charge in [-0.2, -0.15) is 23.1 Å². The lowest BCUT2D eigenvalue weighted by Crippen LogP contribution is -2.57. The molecule has 2 aliphatic heterocycles. The Bertz CT molecular complexity index is 2250. The zero-order valence-corrected chi connectivity index (χ0v) is 38.2. The van der Waals surface area contributed by atoms with E-state index < -0.39 is 50.4 Å². The Labute approximate surface area is 361 Å². The SMILES string of the molecule is COCOc1cc(-c2c(N)cc3c(N4C[C@H]5CC[C@@H](C4)N5C(=O)OC(C)(C)C)nc(OCC(F)(F)F)nc3c2F)c2c(CCCCCCO[Si](C)(C)C(C)(C)C)c(F)ccc2c1. The summed E-state index contributed by atoms with van der Waals surface area (Å²) in [6.45, 7) is 15.7. The number of amides is 1. The molecule has 2 bridgehead atoms. The second-order valence-electron chi connectivity index (χ2n) is 18.9. The van der Waals surface area contributed by atoms with Crippen LogP contribution in [-0.4, -0.2) is 93.3 Å². The summed E-state index contributed by atoms with van der Waals surface area (Å²) in [6.07, 6.45) is -0.344. The van der Waals surface area contributed by atoms with Crippen molar-refractivity contribution in [1.82, 2.24) is 14.9 Å². The lowest BCUT2D eigenvalue weighted by atomic mass is 9.90. The molecule has 1 amide bonds. The van der Waals surface area contributed by atoms with Gasteiger partial charge in [-0.3, -0.25) is 4.90 Å². The average Bonchev–Trinajstić information content (AvgIpc) is 3.44. The molecule has 340 valence electrons. The van der Waals surface area contributed by atoms with E-state index in [-0.39, 0.29) is 70.5 Å². The van der Waals surface area contributed by atoms with E-state index in [1.54, 1.807) is 48.8 Å². The van der Waals surface area contributed by atoms with E-state index in [4.69, 9.17) is 29.1 Å². The van der Waals surface area contributed by atoms with Crippen LogP contribution >= 0.6 is 0 Å². The summed E-state index contributed by atoms with van der Waals surface area (Å²) in [6, 6.07) is 6.40. The van der Waals surface area contributed by atoms with Gasteiger partial charge in [0.15, 0.2) is 27.5 Å². The van der Waals surface area contributed by atoms with Crippen molar-refractivity contribution >= 4 is 47.6 Å². The Morgan fingerprint density at radius 1 is 0.919 bits per heavy atom. The fourth-order valence-corrected chi connectivity index (χ4v) is 9.15. The highest BCUT2D eigenvalue weighted by Crippen LogP contribution is 2.45. The number of hydrogen-bond acceptors (Lipinski definition) is 10. The Balaban J connectivity index is 1.40. The molecule has 2 fully saturated rings. The number of nitrogen functional groups attached to an aromatic ring is 1. The van der Waals surface area contributed by atoms with Crippen molar-refractivity contribution in [2.45, 2.75) is 128 Å². The van der Waals surface area contributed by atoms with Gasteiger partial charge < -0.3 is 34.0 Å². The second-order valence-corrected chi connectivity index (χ2v) is 23.7. The third-order valence-corrected chi connectivity index (χ3v) is 16.6. The number of carbonyl (C=O) groups excluding carboxylic acids is 1. The summed E-state index contributed by atoms with van der Waals surface area (Å²) < 4.78 is 102. The highest BCUT2D eigenvalue weighted by Gasteiger charge is 2.45. The molecule has 2 aliphatic rings. The summed E-state index contributed by atoms with van der Waals surface area (Å²) in [5.41, 5.74) is 6.12. The number of halogens is 5. The average molecular weight is 890 g/mol. The van der Waals surface area contributed by atoms with Crippen molar-refractivity contribution in [3.8, 4) is 22.9 Å². The summed E-state index contributed by atoms with van der Waals surface area (Å²) in [5.74, 6) is -1.03. The van der Waals surface area contributed by atoms with Crippen molar-refractivity contribution in [2.75, 3.05) is 50.8 Å². The number of carbonyl (C=O) groups is 1. The van der Waals surface area contributed by atoms with Crippen molar-refractivity contribution < 1.29 is 50.1 Å². The molecular weight excluding hydrogens is 830 g/mol. The second kappa shape index (κ2) is 18.3. The third-order valence-electron chi connectivity index (χ3n) is 12.0. The van der Waals surface area contributed by atoms with Gasteiger partial charge in [0.25, 0.3) is 0 Å². The normalized spacial score (nSPS) is 17.3. The highest BCUT2D eigenvalue weighted by molar-refractivity contribution is 6.74. The van der Waals surface area contributed by atoms with Gasteiger partial charge in [0.05, 0.1) is 12.1 Å². The molecule has 0 aliphatic carbocycles. The molecule has 0 spiro atoms. The van der Waals surface area contributed by atoms with E-state index in [0.29, 0.717) is 54.4 Å². The smallest absolute Gasteiger partial charge is 0.422 e. The first-order valence-electron chi connectivity index (χ1n) is 21.2. The lowest BCUT2D eigenvalue weighted by molar-refractivity contribution is -0.154. The number of aromatic nitrogens is 2. The van der Waals surface area contributed by atoms with Crippen LogP contribution in [0.25, 0.3) is 32.8 Å². The van der Waals surface area contributed by atoms with Crippen LogP contribution in [0.3, 0.4) is 0 Å². The molecule has 17 heteroatoms. The number of nitrogens with two attached hydrogens (primary N) is 1. The number of piperazine rings is 1. The van der Waals surface area contributed by atoms with Gasteiger partial charge in [0.2, 0.25) is 0 Å². The number of rotatable bonds is 15. The van der Waals surface area contributed by atoms with Crippen LogP contribution in [0, 0.1) is 11.6 Å². The largest absolute Gasteiger partial charge is 0.468 e. The van der Waals surface area contributed by atoms with Gasteiger partial charge >= 0.3 is 18.3 Å². The molecule has 3 aromatic carbocycles. The number of ether oxygens (including phenoxy) is 4. The standard InChI is InChI=1S/C45H60F5N5O6Si/c1-43(2,3)61-42(56)55-28-16-17-29(55)24-54(23-28)40-33-22-35(51)37(38(47)39(33)52-41(53-40)58-25-45(48,49)50)32-21-30(59-26-57-7)20-27-15-18-34(46)31(36(27)32)14-12-10-11-13-19-60-62(8,9)44(4,5)6/h15,18,20-22,28-29H,10-14,16-17,19,23-26,51H2,1-9H3/t28-,29+. The highest BCUT2D eigenvalue weighted by atomic mass is 28.4. The molecule has 6 rings (SSSR count). The van der Waals surface area contributed by atoms with E-state index in [1.807, 2.05) is 0 Å². The number of alkyl halides is 3. The number of fused-ring (bicyclic) bond motifs is 4. The number of benzene rings is 3. The van der Waals surface area contributed by atoms with Crippen molar-refractivity contribution in [2.24, 2.45) is 0 Å². The molecule has 11 nitrogen and oxygen atoms in total. The monoisotopic (exact) mass is 889 g/mol. The van der Waals surface area contributed by atoms with E-state index in [1.165, 1.54) is 19.2 Å². The van der Waals surface area contributed by atoms with Gasteiger partial charge in [0, 0.05) is 43.4 Å². The number of nitrogens with zero attached hydrogens (tertiary/aromatic N) is 4. The van der Waals surface area contributed by atoms with Crippen molar-refractivity contribution in [3.05, 3.63) is 47.5 Å². The van der Waals surface area contributed by atoms with Crippen LogP contribution in [0.4, 0.5) is 38.3 Å². The van der Waals surface area contributed by atoms with Gasteiger partial charge in [-0.1, -0.05) is 39.7 Å². The number of unbranched alkanes of at least 4 members (excludes halogenated alkanes) is 3. The molecule has 0 unspecified atom stereocenters. The maximum atomic E-state index is 17.5. The lowest BCUT2D eigenvalue weighted by Gasteiger charge is -2.42. The number of aryl methyl sites for hydroxylation is 1. The van der Waals surface area contributed by atoms with E-state index in [0.717, 1.165) is 19.3 Å². The van der Waals surface area contributed by atoms with Crippen LogP contribution in [0.2, 0.25) is 18.1 Å². The summed E-state index contributed by atoms with van der Waals surface area (Å²) in [4.78, 5) is 25.3. The Kier molecular flexibility index (Phi) is 13.9. The van der Waals surface area contributed by atoms with Crippen LogP contribution in [0.5, 0.6) is 11.8 Å². The minimum atomic E-state index is -4.73. The predicted molar refractivity (Wildman–Crippen MR) is 233 cm³/mol. The van der Waals surface area contributed by atoms with Gasteiger partial charge in [-0.15, -0.1) is 0 Å². The summed E-state index contributed by atoms with van der Waals surface area (Å²) in [7, 11) is -0.421. The summed E-state index contributed by atoms with van der Waals surface area (Å²) in [5, 5.41) is 1.21. The van der Waals surface area contributed by atoms with Crippen LogP contribution in [0.15, 0.2) is 30.3 Å². The van der Waals surface area contributed by atoms with Crippen LogP contribution in [0.1, 0.15) is 85.6 Å². The first kappa shape index (κ1) is 47.0. The first-order chi connectivity index (χ1) is 29.0.